The van der Waals surface area contributed by atoms with Gasteiger partial charge in [-0.3, -0.25) is 0 Å². The molecule has 1 rings (SSSR count). The average Bonchev–Trinajstić information content (AvgIpc) is 2.40. The van der Waals surface area contributed by atoms with Gasteiger partial charge in [-0.05, 0) is 0 Å². The van der Waals surface area contributed by atoms with Crippen LogP contribution in [0.4, 0.5) is 0 Å². The highest BCUT2D eigenvalue weighted by Crippen LogP contribution is 2.10. The van der Waals surface area contributed by atoms with Crippen LogP contribution < -0.4 is 0 Å². The Morgan fingerprint density at radius 1 is 1.30 bits per heavy atom. The SMILES string of the molecule is CCC(C)C[c-]1cccc1. The molecule has 0 aliphatic carbocycles. The van der Waals surface area contributed by atoms with E-state index in [9.17, 15) is 0 Å². The van der Waals surface area contributed by atoms with Crippen molar-refractivity contribution in [3.63, 3.8) is 0 Å². The number of hydrogen-bond donors (Lipinski definition) is 0. The fourth-order valence-corrected chi connectivity index (χ4v) is 1.10. The van der Waals surface area contributed by atoms with E-state index in [1.165, 1.54) is 18.4 Å². The van der Waals surface area contributed by atoms with Crippen LogP contribution in [0.3, 0.4) is 0 Å². The molecule has 0 nitrogen and oxygen atoms in total. The normalized spacial score (nSPS) is 13.4. The van der Waals surface area contributed by atoms with Gasteiger partial charge in [-0.2, -0.15) is 17.7 Å². The van der Waals surface area contributed by atoms with Crippen molar-refractivity contribution in [1.29, 1.82) is 0 Å². The molecule has 0 N–H and O–H groups in total. The summed E-state index contributed by atoms with van der Waals surface area (Å²) < 4.78 is 0. The van der Waals surface area contributed by atoms with E-state index in [1.54, 1.807) is 0 Å². The molecule has 0 aliphatic rings. The minimum Gasteiger partial charge on any atom is -0.213 e. The van der Waals surface area contributed by atoms with Gasteiger partial charge in [0.25, 0.3) is 0 Å². The Balaban J connectivity index is 2.40. The summed E-state index contributed by atoms with van der Waals surface area (Å²) >= 11 is 0. The molecule has 1 aromatic rings. The molecule has 0 radical (unpaired) electrons. The van der Waals surface area contributed by atoms with Crippen molar-refractivity contribution < 1.29 is 0 Å². The fourth-order valence-electron chi connectivity index (χ4n) is 1.10. The van der Waals surface area contributed by atoms with Gasteiger partial charge in [0.1, 0.15) is 0 Å². The van der Waals surface area contributed by atoms with Crippen LogP contribution in [-0.2, 0) is 6.42 Å². The molecule has 56 valence electrons. The van der Waals surface area contributed by atoms with Crippen LogP contribution >= 0.6 is 0 Å². The van der Waals surface area contributed by atoms with Gasteiger partial charge >= 0.3 is 0 Å². The molecule has 0 saturated heterocycles. The first-order valence-corrected chi connectivity index (χ1v) is 4.03. The fraction of sp³-hybridized carbons (Fsp3) is 0.500. The van der Waals surface area contributed by atoms with Crippen molar-refractivity contribution in [1.82, 2.24) is 0 Å². The second kappa shape index (κ2) is 3.50. The topological polar surface area (TPSA) is 0 Å². The van der Waals surface area contributed by atoms with Gasteiger partial charge in [0, 0.05) is 0 Å². The summed E-state index contributed by atoms with van der Waals surface area (Å²) in [4.78, 5) is 0. The molecule has 0 aromatic heterocycles. The molecule has 1 atom stereocenters. The zero-order chi connectivity index (χ0) is 7.40. The Morgan fingerprint density at radius 2 is 1.90 bits per heavy atom. The molecule has 1 unspecified atom stereocenters. The maximum Gasteiger partial charge on any atom is -0.0510 e. The predicted octanol–water partition coefficient (Wildman–Crippen LogP) is 2.99. The minimum atomic E-state index is 0.836. The van der Waals surface area contributed by atoms with E-state index in [1.807, 2.05) is 0 Å². The van der Waals surface area contributed by atoms with Gasteiger partial charge < -0.3 is 0 Å². The summed E-state index contributed by atoms with van der Waals surface area (Å²) in [5.41, 5.74) is 1.48. The lowest BCUT2D eigenvalue weighted by molar-refractivity contribution is 0.561. The number of hydrogen-bond acceptors (Lipinski definition) is 0. The van der Waals surface area contributed by atoms with Gasteiger partial charge in [-0.1, -0.05) is 32.6 Å². The molecule has 1 aromatic carbocycles. The van der Waals surface area contributed by atoms with Crippen molar-refractivity contribution in [3.05, 3.63) is 29.8 Å². The van der Waals surface area contributed by atoms with Gasteiger partial charge in [0.2, 0.25) is 0 Å². The second-order valence-electron chi connectivity index (χ2n) is 3.01. The van der Waals surface area contributed by atoms with Crippen molar-refractivity contribution in [2.45, 2.75) is 26.7 Å². The summed E-state index contributed by atoms with van der Waals surface area (Å²) in [5, 5.41) is 0. The Kier molecular flexibility index (Phi) is 2.61. The minimum absolute atomic E-state index is 0.836. The lowest BCUT2D eigenvalue weighted by Crippen LogP contribution is -1.95. The summed E-state index contributed by atoms with van der Waals surface area (Å²) in [6.07, 6.45) is 2.52. The molecule has 0 fully saturated rings. The van der Waals surface area contributed by atoms with Crippen LogP contribution in [0.25, 0.3) is 0 Å². The first-order chi connectivity index (χ1) is 4.83. The third-order valence-corrected chi connectivity index (χ3v) is 2.01. The van der Waals surface area contributed by atoms with Crippen LogP contribution in [-0.4, -0.2) is 0 Å². The van der Waals surface area contributed by atoms with Crippen molar-refractivity contribution in [2.75, 3.05) is 0 Å². The van der Waals surface area contributed by atoms with Crippen molar-refractivity contribution in [2.24, 2.45) is 5.92 Å². The highest BCUT2D eigenvalue weighted by atomic mass is 14.0. The molecule has 10 heavy (non-hydrogen) atoms. The Morgan fingerprint density at radius 3 is 2.40 bits per heavy atom. The zero-order valence-electron chi connectivity index (χ0n) is 6.80. The van der Waals surface area contributed by atoms with Crippen molar-refractivity contribution in [3.8, 4) is 0 Å². The quantitative estimate of drug-likeness (QED) is 0.559. The highest BCUT2D eigenvalue weighted by Gasteiger charge is 1.94. The van der Waals surface area contributed by atoms with Crippen LogP contribution in [0.1, 0.15) is 25.8 Å². The van der Waals surface area contributed by atoms with Gasteiger partial charge in [0.05, 0.1) is 0 Å². The maximum atomic E-state index is 2.30. The summed E-state index contributed by atoms with van der Waals surface area (Å²) in [5.74, 6) is 0.836. The largest absolute Gasteiger partial charge is 0.213 e. The van der Waals surface area contributed by atoms with Crippen LogP contribution in [0.15, 0.2) is 24.3 Å². The van der Waals surface area contributed by atoms with Gasteiger partial charge in [-0.15, -0.1) is 0 Å². The van der Waals surface area contributed by atoms with Crippen molar-refractivity contribution >= 4 is 0 Å². The Bertz CT molecular complexity index is 160. The number of rotatable bonds is 3. The first-order valence-electron chi connectivity index (χ1n) is 4.03. The first kappa shape index (κ1) is 7.46. The second-order valence-corrected chi connectivity index (χ2v) is 3.01. The molecule has 0 heteroatoms. The van der Waals surface area contributed by atoms with E-state index in [0.29, 0.717) is 0 Å². The van der Waals surface area contributed by atoms with E-state index in [2.05, 4.69) is 38.1 Å². The van der Waals surface area contributed by atoms with Gasteiger partial charge in [0.15, 0.2) is 0 Å². The van der Waals surface area contributed by atoms with Crippen LogP contribution in [0, 0.1) is 5.92 Å². The molecular weight excluding hydrogens is 120 g/mol. The molecule has 0 amide bonds. The van der Waals surface area contributed by atoms with E-state index >= 15 is 0 Å². The van der Waals surface area contributed by atoms with Crippen LogP contribution in [0.5, 0.6) is 0 Å². The highest BCUT2D eigenvalue weighted by molar-refractivity contribution is 5.16. The Hall–Kier alpha value is -0.650. The van der Waals surface area contributed by atoms with E-state index in [-0.39, 0.29) is 0 Å². The zero-order valence-corrected chi connectivity index (χ0v) is 6.80. The van der Waals surface area contributed by atoms with E-state index < -0.39 is 0 Å². The average molecular weight is 135 g/mol. The molecule has 0 heterocycles. The van der Waals surface area contributed by atoms with Gasteiger partial charge in [-0.25, -0.2) is 12.1 Å². The Labute approximate surface area is 63.2 Å². The van der Waals surface area contributed by atoms with Crippen LogP contribution in [0.2, 0.25) is 0 Å². The lowest BCUT2D eigenvalue weighted by Gasteiger charge is -2.08. The molecule has 0 saturated carbocycles. The smallest absolute Gasteiger partial charge is 0.0510 e. The summed E-state index contributed by atoms with van der Waals surface area (Å²) in [6.45, 7) is 4.54. The summed E-state index contributed by atoms with van der Waals surface area (Å²) in [7, 11) is 0. The third-order valence-electron chi connectivity index (χ3n) is 2.01. The maximum absolute atomic E-state index is 2.30. The molecular formula is C10H15-. The van der Waals surface area contributed by atoms with E-state index in [0.717, 1.165) is 5.92 Å². The standard InChI is InChI=1S/C10H15/c1-3-9(2)8-10-6-4-5-7-10/h4-7,9H,3,8H2,1-2H3/q-1. The predicted molar refractivity (Wildman–Crippen MR) is 45.2 cm³/mol. The third kappa shape index (κ3) is 1.94. The molecule has 0 aliphatic heterocycles. The molecule has 0 spiro atoms. The molecule has 0 bridgehead atoms. The monoisotopic (exact) mass is 135 g/mol. The van der Waals surface area contributed by atoms with E-state index in [4.69, 9.17) is 0 Å². The lowest BCUT2D eigenvalue weighted by atomic mass is 10.0. The summed E-state index contributed by atoms with van der Waals surface area (Å²) in [6, 6.07) is 8.62.